The van der Waals surface area contributed by atoms with Crippen LogP contribution in [0.3, 0.4) is 0 Å². The molecule has 20 heavy (non-hydrogen) atoms. The number of carbonyl (C=O) groups excluding carboxylic acids is 1. The minimum atomic E-state index is 0.193. The molecule has 1 saturated carbocycles. The van der Waals surface area contributed by atoms with Crippen LogP contribution in [-0.4, -0.2) is 48.3 Å². The lowest BCUT2D eigenvalue weighted by molar-refractivity contribution is -0.134. The predicted octanol–water partition coefficient (Wildman–Crippen LogP) is 2.35. The van der Waals surface area contributed by atoms with E-state index in [0.717, 1.165) is 44.7 Å². The predicted molar refractivity (Wildman–Crippen MR) is 78.4 cm³/mol. The number of nitrogens with zero attached hydrogens (tertiary/aromatic N) is 1. The van der Waals surface area contributed by atoms with Gasteiger partial charge >= 0.3 is 0 Å². The maximum Gasteiger partial charge on any atom is 0.222 e. The second-order valence-corrected chi connectivity index (χ2v) is 6.22. The average molecular weight is 283 g/mol. The number of likely N-dealkylation sites (tertiary alicyclic amines) is 1. The van der Waals surface area contributed by atoms with Crippen LogP contribution in [0.15, 0.2) is 0 Å². The lowest BCUT2D eigenvalue weighted by Crippen LogP contribution is -2.41. The Morgan fingerprint density at radius 3 is 2.50 bits per heavy atom. The zero-order valence-corrected chi connectivity index (χ0v) is 12.6. The Kier molecular flexibility index (Phi) is 6.80. The summed E-state index contributed by atoms with van der Waals surface area (Å²) < 4.78 is 5.69. The molecule has 2 rings (SSSR count). The fourth-order valence-corrected chi connectivity index (χ4v) is 3.37. The molecule has 1 aliphatic carbocycles. The molecule has 0 radical (unpaired) electrons. The van der Waals surface area contributed by atoms with Gasteiger partial charge in [0.15, 0.2) is 0 Å². The quantitative estimate of drug-likeness (QED) is 0.730. The van der Waals surface area contributed by atoms with Crippen LogP contribution in [-0.2, 0) is 9.53 Å². The third-order valence-electron chi connectivity index (χ3n) is 4.69. The maximum atomic E-state index is 12.2. The van der Waals surface area contributed by atoms with E-state index in [1.54, 1.807) is 0 Å². The van der Waals surface area contributed by atoms with E-state index in [2.05, 4.69) is 0 Å². The van der Waals surface area contributed by atoms with Crippen molar-refractivity contribution >= 4 is 5.91 Å². The van der Waals surface area contributed by atoms with Crippen molar-refractivity contribution in [3.8, 4) is 0 Å². The van der Waals surface area contributed by atoms with Crippen LogP contribution in [0, 0.1) is 5.92 Å². The summed E-state index contributed by atoms with van der Waals surface area (Å²) in [5.74, 6) is 1.14. The van der Waals surface area contributed by atoms with Crippen LogP contribution in [0.2, 0.25) is 0 Å². The molecule has 0 aromatic rings. The van der Waals surface area contributed by atoms with Crippen molar-refractivity contribution in [2.45, 2.75) is 63.9 Å². The van der Waals surface area contributed by atoms with E-state index in [1.807, 2.05) is 4.90 Å². The van der Waals surface area contributed by atoms with E-state index in [4.69, 9.17) is 9.84 Å². The number of carbonyl (C=O) groups is 1. The summed E-state index contributed by atoms with van der Waals surface area (Å²) in [6.45, 7) is 2.51. The number of hydrogen-bond donors (Lipinski definition) is 1. The second kappa shape index (κ2) is 8.63. The highest BCUT2D eigenvalue weighted by molar-refractivity contribution is 5.76. The third kappa shape index (κ3) is 5.06. The van der Waals surface area contributed by atoms with Crippen LogP contribution >= 0.6 is 0 Å². The van der Waals surface area contributed by atoms with Crippen molar-refractivity contribution in [3.05, 3.63) is 0 Å². The highest BCUT2D eigenvalue weighted by atomic mass is 16.5. The smallest absolute Gasteiger partial charge is 0.222 e. The van der Waals surface area contributed by atoms with E-state index < -0.39 is 0 Å². The van der Waals surface area contributed by atoms with Gasteiger partial charge in [-0.2, -0.15) is 0 Å². The van der Waals surface area contributed by atoms with Crippen LogP contribution in [0.25, 0.3) is 0 Å². The minimum absolute atomic E-state index is 0.193. The van der Waals surface area contributed by atoms with Gasteiger partial charge in [-0.05, 0) is 31.6 Å². The summed E-state index contributed by atoms with van der Waals surface area (Å²) in [5, 5.41) is 8.73. The first kappa shape index (κ1) is 15.8. The first-order valence-corrected chi connectivity index (χ1v) is 8.30. The second-order valence-electron chi connectivity index (χ2n) is 6.22. The van der Waals surface area contributed by atoms with E-state index in [-0.39, 0.29) is 12.7 Å². The van der Waals surface area contributed by atoms with Gasteiger partial charge in [-0.3, -0.25) is 4.79 Å². The first-order chi connectivity index (χ1) is 9.79. The zero-order valence-electron chi connectivity index (χ0n) is 12.6. The van der Waals surface area contributed by atoms with Gasteiger partial charge in [-0.1, -0.05) is 25.7 Å². The lowest BCUT2D eigenvalue weighted by atomic mass is 10.0. The van der Waals surface area contributed by atoms with E-state index in [1.165, 1.54) is 25.7 Å². The van der Waals surface area contributed by atoms with Gasteiger partial charge in [0.05, 0.1) is 6.10 Å². The molecule has 0 aromatic carbocycles. The Morgan fingerprint density at radius 2 is 1.85 bits per heavy atom. The number of rotatable bonds is 7. The van der Waals surface area contributed by atoms with Crippen molar-refractivity contribution in [2.75, 3.05) is 26.3 Å². The third-order valence-corrected chi connectivity index (χ3v) is 4.69. The van der Waals surface area contributed by atoms with Crippen molar-refractivity contribution in [3.63, 3.8) is 0 Å². The number of piperidine rings is 1. The van der Waals surface area contributed by atoms with Crippen molar-refractivity contribution in [1.82, 2.24) is 4.90 Å². The van der Waals surface area contributed by atoms with Crippen LogP contribution in [0.5, 0.6) is 0 Å². The van der Waals surface area contributed by atoms with Crippen molar-refractivity contribution < 1.29 is 14.6 Å². The Labute approximate surface area is 122 Å². The number of aliphatic hydroxyl groups excluding tert-OH is 1. The number of aliphatic hydroxyl groups is 1. The topological polar surface area (TPSA) is 49.8 Å². The summed E-state index contributed by atoms with van der Waals surface area (Å²) in [5.41, 5.74) is 0. The molecular formula is C16H29NO3. The molecule has 1 aliphatic heterocycles. The molecule has 1 N–H and O–H groups in total. The molecule has 2 aliphatic rings. The van der Waals surface area contributed by atoms with Gasteiger partial charge in [-0.15, -0.1) is 0 Å². The molecule has 4 heteroatoms. The summed E-state index contributed by atoms with van der Waals surface area (Å²) >= 11 is 0. The van der Waals surface area contributed by atoms with Crippen LogP contribution in [0.4, 0.5) is 0 Å². The minimum Gasteiger partial charge on any atom is -0.396 e. The summed E-state index contributed by atoms with van der Waals surface area (Å²) in [7, 11) is 0. The van der Waals surface area contributed by atoms with Gasteiger partial charge in [0.25, 0.3) is 0 Å². The van der Waals surface area contributed by atoms with Crippen LogP contribution in [0.1, 0.15) is 57.8 Å². The standard InChI is InChI=1S/C16H29NO3/c18-12-3-13-20-15-8-10-17(11-9-15)16(19)7-6-14-4-1-2-5-14/h14-15,18H,1-13H2. The molecule has 4 nitrogen and oxygen atoms in total. The van der Waals surface area contributed by atoms with Crippen molar-refractivity contribution in [1.29, 1.82) is 0 Å². The molecule has 0 atom stereocenters. The van der Waals surface area contributed by atoms with E-state index in [9.17, 15) is 4.79 Å². The highest BCUT2D eigenvalue weighted by Crippen LogP contribution is 2.29. The van der Waals surface area contributed by atoms with E-state index in [0.29, 0.717) is 18.9 Å². The Balaban J connectivity index is 1.58. The summed E-state index contributed by atoms with van der Waals surface area (Å²) in [4.78, 5) is 14.2. The molecule has 0 bridgehead atoms. The summed E-state index contributed by atoms with van der Waals surface area (Å²) in [6, 6.07) is 0. The number of hydrogen-bond acceptors (Lipinski definition) is 3. The molecule has 0 unspecified atom stereocenters. The summed E-state index contributed by atoms with van der Waals surface area (Å²) in [6.07, 6.45) is 10.1. The van der Waals surface area contributed by atoms with Gasteiger partial charge in [0.2, 0.25) is 5.91 Å². The SMILES string of the molecule is O=C(CCC1CCCC1)N1CCC(OCCCO)CC1. The van der Waals surface area contributed by atoms with Gasteiger partial charge < -0.3 is 14.7 Å². The average Bonchev–Trinajstić information content (AvgIpc) is 2.99. The number of amides is 1. The highest BCUT2D eigenvalue weighted by Gasteiger charge is 2.24. The Morgan fingerprint density at radius 1 is 1.15 bits per heavy atom. The first-order valence-electron chi connectivity index (χ1n) is 8.30. The molecule has 0 aromatic heterocycles. The van der Waals surface area contributed by atoms with E-state index >= 15 is 0 Å². The molecule has 1 amide bonds. The Bertz CT molecular complexity index is 281. The lowest BCUT2D eigenvalue weighted by Gasteiger charge is -2.32. The zero-order chi connectivity index (χ0) is 14.2. The molecule has 116 valence electrons. The fraction of sp³-hybridized carbons (Fsp3) is 0.938. The van der Waals surface area contributed by atoms with Crippen LogP contribution < -0.4 is 0 Å². The number of ether oxygens (including phenoxy) is 1. The monoisotopic (exact) mass is 283 g/mol. The molecule has 1 heterocycles. The normalized spacial score (nSPS) is 21.6. The van der Waals surface area contributed by atoms with Crippen molar-refractivity contribution in [2.24, 2.45) is 5.92 Å². The molecule has 1 saturated heterocycles. The van der Waals surface area contributed by atoms with Gasteiger partial charge in [0, 0.05) is 32.7 Å². The molecule has 0 spiro atoms. The van der Waals surface area contributed by atoms with Gasteiger partial charge in [0.1, 0.15) is 0 Å². The Hall–Kier alpha value is -0.610. The largest absolute Gasteiger partial charge is 0.396 e. The molecular weight excluding hydrogens is 254 g/mol. The van der Waals surface area contributed by atoms with Gasteiger partial charge in [-0.25, -0.2) is 0 Å². The molecule has 2 fully saturated rings. The maximum absolute atomic E-state index is 12.2. The fourth-order valence-electron chi connectivity index (χ4n) is 3.37.